The molecule has 0 bridgehead atoms. The smallest absolute Gasteiger partial charge is 0.197 e. The van der Waals surface area contributed by atoms with Gasteiger partial charge in [-0.15, -0.1) is 0 Å². The summed E-state index contributed by atoms with van der Waals surface area (Å²) in [5.41, 5.74) is 5.59. The highest BCUT2D eigenvalue weighted by molar-refractivity contribution is 5.93. The van der Waals surface area contributed by atoms with Crippen LogP contribution in [-0.2, 0) is 9.53 Å². The quantitative estimate of drug-likeness (QED) is 0.708. The monoisotopic (exact) mass is 239 g/mol. The molecule has 1 aliphatic rings. The third-order valence-corrected chi connectivity index (χ3v) is 3.26. The highest BCUT2D eigenvalue weighted by Gasteiger charge is 2.16. The molecule has 0 aromatic carbocycles. The average molecular weight is 239 g/mol. The van der Waals surface area contributed by atoms with Crippen molar-refractivity contribution in [3.05, 3.63) is 11.8 Å². The Morgan fingerprint density at radius 2 is 2.29 bits per heavy atom. The standard InChI is InChI=1S/C14H25NO2/c1-2-5-12(9-10-15)7-8-13(16)14-6-3-4-11-17-14/h6,12H,2-5,7-11,15H2,1H3. The number of ketones is 1. The summed E-state index contributed by atoms with van der Waals surface area (Å²) in [4.78, 5) is 11.9. The SMILES string of the molecule is CCCC(CCN)CCC(=O)C1=CCCCO1. The van der Waals surface area contributed by atoms with Crippen molar-refractivity contribution in [2.45, 2.75) is 51.9 Å². The van der Waals surface area contributed by atoms with Crippen LogP contribution in [0.2, 0.25) is 0 Å². The summed E-state index contributed by atoms with van der Waals surface area (Å²) in [7, 11) is 0. The minimum Gasteiger partial charge on any atom is -0.490 e. The maximum Gasteiger partial charge on any atom is 0.197 e. The molecule has 0 aromatic rings. The third kappa shape index (κ3) is 5.35. The van der Waals surface area contributed by atoms with Crippen molar-refractivity contribution in [3.8, 4) is 0 Å². The first-order valence-corrected chi connectivity index (χ1v) is 6.84. The van der Waals surface area contributed by atoms with Crippen molar-refractivity contribution < 1.29 is 9.53 Å². The molecule has 3 heteroatoms. The molecule has 0 fully saturated rings. The van der Waals surface area contributed by atoms with E-state index in [0.717, 1.165) is 38.6 Å². The molecule has 1 unspecified atom stereocenters. The largest absolute Gasteiger partial charge is 0.490 e. The van der Waals surface area contributed by atoms with Gasteiger partial charge < -0.3 is 10.5 Å². The molecule has 0 aliphatic carbocycles. The van der Waals surface area contributed by atoms with Crippen LogP contribution in [-0.4, -0.2) is 18.9 Å². The Hall–Kier alpha value is -0.830. The van der Waals surface area contributed by atoms with Gasteiger partial charge in [-0.05, 0) is 44.2 Å². The molecular weight excluding hydrogens is 214 g/mol. The summed E-state index contributed by atoms with van der Waals surface area (Å²) >= 11 is 0. The van der Waals surface area contributed by atoms with Gasteiger partial charge in [0.2, 0.25) is 0 Å². The van der Waals surface area contributed by atoms with E-state index in [2.05, 4.69) is 6.92 Å². The molecule has 2 N–H and O–H groups in total. The normalized spacial score (nSPS) is 17.2. The van der Waals surface area contributed by atoms with Gasteiger partial charge in [-0.25, -0.2) is 0 Å². The molecule has 0 saturated heterocycles. The summed E-state index contributed by atoms with van der Waals surface area (Å²) in [6.45, 7) is 3.59. The van der Waals surface area contributed by atoms with Crippen LogP contribution >= 0.6 is 0 Å². The number of Topliss-reactive ketones (excluding diaryl/α,β-unsaturated/α-hetero) is 1. The molecule has 0 radical (unpaired) electrons. The Balaban J connectivity index is 2.31. The van der Waals surface area contributed by atoms with E-state index in [1.807, 2.05) is 6.08 Å². The Morgan fingerprint density at radius 3 is 2.88 bits per heavy atom. The molecule has 1 rings (SSSR count). The van der Waals surface area contributed by atoms with Crippen molar-refractivity contribution in [2.75, 3.05) is 13.2 Å². The summed E-state index contributed by atoms with van der Waals surface area (Å²) in [5, 5.41) is 0. The van der Waals surface area contributed by atoms with Crippen LogP contribution in [0.5, 0.6) is 0 Å². The second kappa shape index (κ2) is 8.29. The average Bonchev–Trinajstić information content (AvgIpc) is 2.37. The molecule has 1 heterocycles. The van der Waals surface area contributed by atoms with Gasteiger partial charge in [0.05, 0.1) is 6.61 Å². The molecule has 98 valence electrons. The highest BCUT2D eigenvalue weighted by atomic mass is 16.5. The number of hydrogen-bond acceptors (Lipinski definition) is 3. The predicted molar refractivity (Wildman–Crippen MR) is 69.6 cm³/mol. The number of allylic oxidation sites excluding steroid dienone is 2. The first-order chi connectivity index (χ1) is 8.27. The van der Waals surface area contributed by atoms with Crippen molar-refractivity contribution >= 4 is 5.78 Å². The number of rotatable bonds is 8. The highest BCUT2D eigenvalue weighted by Crippen LogP contribution is 2.20. The second-order valence-corrected chi connectivity index (χ2v) is 4.75. The van der Waals surface area contributed by atoms with E-state index in [0.29, 0.717) is 24.7 Å². The van der Waals surface area contributed by atoms with Gasteiger partial charge in [0.1, 0.15) is 0 Å². The fraction of sp³-hybridized carbons (Fsp3) is 0.786. The van der Waals surface area contributed by atoms with Gasteiger partial charge in [-0.2, -0.15) is 0 Å². The maximum absolute atomic E-state index is 11.9. The van der Waals surface area contributed by atoms with Crippen LogP contribution < -0.4 is 5.73 Å². The lowest BCUT2D eigenvalue weighted by atomic mass is 9.93. The summed E-state index contributed by atoms with van der Waals surface area (Å²) in [6.07, 6.45) is 8.86. The molecule has 0 spiro atoms. The zero-order valence-corrected chi connectivity index (χ0v) is 10.9. The van der Waals surface area contributed by atoms with Gasteiger partial charge in [-0.3, -0.25) is 4.79 Å². The molecule has 0 aromatic heterocycles. The van der Waals surface area contributed by atoms with Crippen molar-refractivity contribution in [3.63, 3.8) is 0 Å². The summed E-state index contributed by atoms with van der Waals surface area (Å²) in [6, 6.07) is 0. The van der Waals surface area contributed by atoms with E-state index in [1.54, 1.807) is 0 Å². The van der Waals surface area contributed by atoms with Gasteiger partial charge in [0.15, 0.2) is 11.5 Å². The molecular formula is C14H25NO2. The second-order valence-electron chi connectivity index (χ2n) is 4.75. The first-order valence-electron chi connectivity index (χ1n) is 6.84. The predicted octanol–water partition coefficient (Wildman–Crippen LogP) is 2.80. The van der Waals surface area contributed by atoms with E-state index in [9.17, 15) is 4.79 Å². The first kappa shape index (κ1) is 14.2. The number of hydrogen-bond donors (Lipinski definition) is 1. The van der Waals surface area contributed by atoms with E-state index < -0.39 is 0 Å². The number of nitrogens with two attached hydrogens (primary N) is 1. The molecule has 0 amide bonds. The Kier molecular flexibility index (Phi) is 6.94. The number of carbonyl (C=O) groups excluding carboxylic acids is 1. The van der Waals surface area contributed by atoms with Gasteiger partial charge >= 0.3 is 0 Å². The van der Waals surface area contributed by atoms with Gasteiger partial charge in [-0.1, -0.05) is 19.8 Å². The van der Waals surface area contributed by atoms with Crippen molar-refractivity contribution in [2.24, 2.45) is 11.7 Å². The topological polar surface area (TPSA) is 52.3 Å². The van der Waals surface area contributed by atoms with Crippen LogP contribution in [0.25, 0.3) is 0 Å². The molecule has 3 nitrogen and oxygen atoms in total. The van der Waals surface area contributed by atoms with Crippen molar-refractivity contribution in [1.82, 2.24) is 0 Å². The fourth-order valence-electron chi connectivity index (χ4n) is 2.29. The molecule has 17 heavy (non-hydrogen) atoms. The lowest BCUT2D eigenvalue weighted by Gasteiger charge is -2.17. The van der Waals surface area contributed by atoms with Crippen LogP contribution in [0, 0.1) is 5.92 Å². The van der Waals surface area contributed by atoms with E-state index in [1.165, 1.54) is 6.42 Å². The molecule has 0 saturated carbocycles. The van der Waals surface area contributed by atoms with Crippen LogP contribution in [0.15, 0.2) is 11.8 Å². The lowest BCUT2D eigenvalue weighted by molar-refractivity contribution is -0.119. The minimum absolute atomic E-state index is 0.169. The van der Waals surface area contributed by atoms with E-state index in [4.69, 9.17) is 10.5 Å². The van der Waals surface area contributed by atoms with Crippen LogP contribution in [0.4, 0.5) is 0 Å². The Morgan fingerprint density at radius 1 is 1.47 bits per heavy atom. The Bertz CT molecular complexity index is 255. The minimum atomic E-state index is 0.169. The van der Waals surface area contributed by atoms with Crippen LogP contribution in [0.1, 0.15) is 51.9 Å². The summed E-state index contributed by atoms with van der Waals surface area (Å²) < 4.78 is 5.38. The molecule has 1 aliphatic heterocycles. The van der Waals surface area contributed by atoms with Crippen LogP contribution in [0.3, 0.4) is 0 Å². The third-order valence-electron chi connectivity index (χ3n) is 3.26. The molecule has 1 atom stereocenters. The van der Waals surface area contributed by atoms with Gasteiger partial charge in [0, 0.05) is 6.42 Å². The maximum atomic E-state index is 11.9. The summed E-state index contributed by atoms with van der Waals surface area (Å²) in [5.74, 6) is 1.36. The Labute approximate surface area is 104 Å². The van der Waals surface area contributed by atoms with E-state index in [-0.39, 0.29) is 5.78 Å². The number of carbonyl (C=O) groups is 1. The van der Waals surface area contributed by atoms with E-state index >= 15 is 0 Å². The van der Waals surface area contributed by atoms with Gasteiger partial charge in [0.25, 0.3) is 0 Å². The number of ether oxygens (including phenoxy) is 1. The lowest BCUT2D eigenvalue weighted by Crippen LogP contribution is -2.14. The fourth-order valence-corrected chi connectivity index (χ4v) is 2.29. The zero-order chi connectivity index (χ0) is 12.5. The van der Waals surface area contributed by atoms with Crippen molar-refractivity contribution in [1.29, 1.82) is 0 Å². The zero-order valence-electron chi connectivity index (χ0n) is 10.9.